The lowest BCUT2D eigenvalue weighted by atomic mass is 9.93. The average Bonchev–Trinajstić information content (AvgIpc) is 2.41. The molecule has 0 bridgehead atoms. The van der Waals surface area contributed by atoms with Gasteiger partial charge >= 0.3 is 0 Å². The van der Waals surface area contributed by atoms with Crippen molar-refractivity contribution in [1.82, 2.24) is 4.90 Å². The zero-order chi connectivity index (χ0) is 13.0. The Kier molecular flexibility index (Phi) is 4.41. The summed E-state index contributed by atoms with van der Waals surface area (Å²) >= 11 is 0. The standard InChI is InChI=1S/C12H21N3O3/c13-12(14-17)10-1-2-11(16)15(8-10)7-9-3-5-18-6-4-9/h9-10,17H,1-8H2,(H2,13,14). The molecule has 2 saturated heterocycles. The summed E-state index contributed by atoms with van der Waals surface area (Å²) in [7, 11) is 0. The lowest BCUT2D eigenvalue weighted by Crippen LogP contribution is -2.46. The number of nitrogens with zero attached hydrogens (tertiary/aromatic N) is 2. The van der Waals surface area contributed by atoms with Crippen molar-refractivity contribution in [3.05, 3.63) is 0 Å². The van der Waals surface area contributed by atoms with Crippen LogP contribution in [-0.4, -0.2) is 48.2 Å². The molecule has 102 valence electrons. The Morgan fingerprint density at radius 3 is 2.83 bits per heavy atom. The van der Waals surface area contributed by atoms with Crippen LogP contribution in [0, 0.1) is 11.8 Å². The average molecular weight is 255 g/mol. The number of hydrogen-bond donors (Lipinski definition) is 2. The smallest absolute Gasteiger partial charge is 0.222 e. The number of nitrogens with two attached hydrogens (primary N) is 1. The summed E-state index contributed by atoms with van der Waals surface area (Å²) < 4.78 is 5.32. The highest BCUT2D eigenvalue weighted by Gasteiger charge is 2.30. The van der Waals surface area contributed by atoms with E-state index in [0.717, 1.165) is 32.6 Å². The van der Waals surface area contributed by atoms with Crippen molar-refractivity contribution in [1.29, 1.82) is 0 Å². The van der Waals surface area contributed by atoms with E-state index >= 15 is 0 Å². The molecule has 2 rings (SSSR count). The second-order valence-electron chi connectivity index (χ2n) is 5.11. The molecular formula is C12H21N3O3. The van der Waals surface area contributed by atoms with E-state index in [1.165, 1.54) is 0 Å². The van der Waals surface area contributed by atoms with Crippen LogP contribution >= 0.6 is 0 Å². The third-order valence-electron chi connectivity index (χ3n) is 3.85. The van der Waals surface area contributed by atoms with Gasteiger partial charge in [0.2, 0.25) is 5.91 Å². The minimum atomic E-state index is -0.00691. The van der Waals surface area contributed by atoms with Crippen LogP contribution in [-0.2, 0) is 9.53 Å². The Labute approximate surface area is 107 Å². The topological polar surface area (TPSA) is 88.2 Å². The van der Waals surface area contributed by atoms with Gasteiger partial charge < -0.3 is 20.6 Å². The van der Waals surface area contributed by atoms with Crippen LogP contribution in [0.4, 0.5) is 0 Å². The molecule has 18 heavy (non-hydrogen) atoms. The predicted octanol–water partition coefficient (Wildman–Crippen LogP) is 0.398. The zero-order valence-electron chi connectivity index (χ0n) is 10.5. The van der Waals surface area contributed by atoms with Crippen LogP contribution in [0.5, 0.6) is 0 Å². The molecule has 2 aliphatic heterocycles. The number of ether oxygens (including phenoxy) is 1. The lowest BCUT2D eigenvalue weighted by molar-refractivity contribution is -0.135. The molecule has 0 aromatic carbocycles. The van der Waals surface area contributed by atoms with Crippen molar-refractivity contribution in [3.8, 4) is 0 Å². The third kappa shape index (κ3) is 3.13. The highest BCUT2D eigenvalue weighted by Crippen LogP contribution is 2.22. The first-order valence-electron chi connectivity index (χ1n) is 6.53. The van der Waals surface area contributed by atoms with Gasteiger partial charge in [-0.3, -0.25) is 4.79 Å². The summed E-state index contributed by atoms with van der Waals surface area (Å²) in [5.41, 5.74) is 5.63. The number of amides is 1. The molecule has 6 nitrogen and oxygen atoms in total. The van der Waals surface area contributed by atoms with E-state index in [2.05, 4.69) is 5.16 Å². The molecule has 1 amide bonds. The van der Waals surface area contributed by atoms with Gasteiger partial charge in [0.05, 0.1) is 0 Å². The maximum Gasteiger partial charge on any atom is 0.222 e. The molecule has 0 aromatic heterocycles. The van der Waals surface area contributed by atoms with Gasteiger partial charge in [0.25, 0.3) is 0 Å². The summed E-state index contributed by atoms with van der Waals surface area (Å²) in [6, 6.07) is 0. The fourth-order valence-electron chi connectivity index (χ4n) is 2.66. The van der Waals surface area contributed by atoms with Gasteiger partial charge in [0.15, 0.2) is 0 Å². The molecule has 2 aliphatic rings. The minimum absolute atomic E-state index is 0.00691. The number of carbonyl (C=O) groups excluding carboxylic acids is 1. The Balaban J connectivity index is 1.90. The van der Waals surface area contributed by atoms with Crippen LogP contribution in [0.25, 0.3) is 0 Å². The Morgan fingerprint density at radius 2 is 2.17 bits per heavy atom. The van der Waals surface area contributed by atoms with Crippen molar-refractivity contribution in [3.63, 3.8) is 0 Å². The SMILES string of the molecule is N/C(=N\O)C1CCC(=O)N(CC2CCOCC2)C1. The molecule has 3 N–H and O–H groups in total. The van der Waals surface area contributed by atoms with Gasteiger partial charge in [-0.05, 0) is 25.2 Å². The highest BCUT2D eigenvalue weighted by molar-refractivity contribution is 5.86. The monoisotopic (exact) mass is 255 g/mol. The van der Waals surface area contributed by atoms with Crippen LogP contribution < -0.4 is 5.73 Å². The van der Waals surface area contributed by atoms with E-state index in [1.807, 2.05) is 4.90 Å². The number of piperidine rings is 1. The fraction of sp³-hybridized carbons (Fsp3) is 0.833. The van der Waals surface area contributed by atoms with Crippen molar-refractivity contribution in [2.45, 2.75) is 25.7 Å². The molecule has 2 heterocycles. The first-order chi connectivity index (χ1) is 8.70. The molecule has 0 aliphatic carbocycles. The summed E-state index contributed by atoms with van der Waals surface area (Å²) in [6.45, 7) is 2.93. The molecule has 0 aromatic rings. The number of hydrogen-bond acceptors (Lipinski definition) is 4. The number of amidine groups is 1. The first kappa shape index (κ1) is 13.1. The molecule has 2 fully saturated rings. The molecule has 0 radical (unpaired) electrons. The Morgan fingerprint density at radius 1 is 1.44 bits per heavy atom. The van der Waals surface area contributed by atoms with Crippen LogP contribution in [0.2, 0.25) is 0 Å². The molecule has 1 atom stereocenters. The van der Waals surface area contributed by atoms with Gasteiger partial charge in [-0.2, -0.15) is 0 Å². The van der Waals surface area contributed by atoms with Gasteiger partial charge in [-0.1, -0.05) is 5.16 Å². The van der Waals surface area contributed by atoms with Crippen LogP contribution in [0.15, 0.2) is 5.16 Å². The van der Waals surface area contributed by atoms with E-state index in [1.54, 1.807) is 0 Å². The zero-order valence-corrected chi connectivity index (χ0v) is 10.5. The highest BCUT2D eigenvalue weighted by atomic mass is 16.5. The number of carbonyl (C=O) groups is 1. The quantitative estimate of drug-likeness (QED) is 0.330. The number of oxime groups is 1. The second-order valence-corrected chi connectivity index (χ2v) is 5.11. The van der Waals surface area contributed by atoms with Crippen LogP contribution in [0.1, 0.15) is 25.7 Å². The maximum absolute atomic E-state index is 11.9. The normalized spacial score (nSPS) is 27.6. The second kappa shape index (κ2) is 6.04. The Hall–Kier alpha value is -1.30. The van der Waals surface area contributed by atoms with Gasteiger partial charge in [0.1, 0.15) is 5.84 Å². The lowest BCUT2D eigenvalue weighted by Gasteiger charge is -2.35. The van der Waals surface area contributed by atoms with E-state index in [4.69, 9.17) is 15.7 Å². The van der Waals surface area contributed by atoms with Crippen LogP contribution in [0.3, 0.4) is 0 Å². The molecule has 0 spiro atoms. The summed E-state index contributed by atoms with van der Waals surface area (Å²) in [6.07, 6.45) is 3.19. The number of rotatable bonds is 3. The van der Waals surface area contributed by atoms with Crippen molar-refractivity contribution >= 4 is 11.7 Å². The van der Waals surface area contributed by atoms with Crippen molar-refractivity contribution in [2.24, 2.45) is 22.7 Å². The van der Waals surface area contributed by atoms with E-state index < -0.39 is 0 Å². The maximum atomic E-state index is 11.9. The van der Waals surface area contributed by atoms with E-state index in [9.17, 15) is 4.79 Å². The van der Waals surface area contributed by atoms with E-state index in [-0.39, 0.29) is 17.7 Å². The van der Waals surface area contributed by atoms with E-state index in [0.29, 0.717) is 25.3 Å². The molecular weight excluding hydrogens is 234 g/mol. The Bertz CT molecular complexity index is 327. The van der Waals surface area contributed by atoms with Gasteiger partial charge in [-0.15, -0.1) is 0 Å². The fourth-order valence-corrected chi connectivity index (χ4v) is 2.66. The van der Waals surface area contributed by atoms with Crippen molar-refractivity contribution in [2.75, 3.05) is 26.3 Å². The molecule has 0 saturated carbocycles. The predicted molar refractivity (Wildman–Crippen MR) is 66.3 cm³/mol. The van der Waals surface area contributed by atoms with Gasteiger partial charge in [0, 0.05) is 38.6 Å². The summed E-state index contributed by atoms with van der Waals surface area (Å²) in [5.74, 6) is 0.934. The third-order valence-corrected chi connectivity index (χ3v) is 3.85. The first-order valence-corrected chi connectivity index (χ1v) is 6.53. The molecule has 1 unspecified atom stereocenters. The molecule has 6 heteroatoms. The van der Waals surface area contributed by atoms with Crippen molar-refractivity contribution < 1.29 is 14.7 Å². The minimum Gasteiger partial charge on any atom is -0.409 e. The largest absolute Gasteiger partial charge is 0.409 e. The van der Waals surface area contributed by atoms with Gasteiger partial charge in [-0.25, -0.2) is 0 Å². The summed E-state index contributed by atoms with van der Waals surface area (Å²) in [4.78, 5) is 13.7. The number of likely N-dealkylation sites (tertiary alicyclic amines) is 1. The summed E-state index contributed by atoms with van der Waals surface area (Å²) in [5, 5.41) is 11.8.